The van der Waals surface area contributed by atoms with Gasteiger partial charge in [-0.2, -0.15) is 0 Å². The zero-order chi connectivity index (χ0) is 47.3. The fraction of sp³-hybridized carbons (Fsp3) is 0.957. The molecular weight excluding hydrogens is 852 g/mol. The fourth-order valence-electron chi connectivity index (χ4n) is 15.1. The predicted octanol–water partition coefficient (Wildman–Crippen LogP) is -0.0513. The molecule has 4 aliphatic heterocycles. The maximum atomic E-state index is 12.2. The van der Waals surface area contributed by atoms with Crippen molar-refractivity contribution in [3.05, 3.63) is 11.6 Å². The minimum atomic E-state index is -1.81. The monoisotopic (exact) mass is 931 g/mol. The molecule has 8 rings (SSSR count). The Bertz CT molecular complexity index is 1700. The van der Waals surface area contributed by atoms with Gasteiger partial charge in [0, 0.05) is 6.42 Å². The number of fused-ring (bicyclic) bond motifs is 5. The predicted molar refractivity (Wildman–Crippen MR) is 227 cm³/mol. The van der Waals surface area contributed by atoms with E-state index in [4.69, 9.17) is 33.2 Å². The van der Waals surface area contributed by atoms with Crippen molar-refractivity contribution in [3.63, 3.8) is 0 Å². The van der Waals surface area contributed by atoms with Crippen LogP contribution in [-0.2, 0) is 33.2 Å². The van der Waals surface area contributed by atoms with Gasteiger partial charge in [-0.3, -0.25) is 0 Å². The van der Waals surface area contributed by atoms with Crippen molar-refractivity contribution in [1.82, 2.24) is 0 Å². The number of aliphatic hydroxyl groups excluding tert-OH is 10. The first-order valence-corrected chi connectivity index (χ1v) is 24.1. The Kier molecular flexibility index (Phi) is 14.2. The summed E-state index contributed by atoms with van der Waals surface area (Å²) in [6.07, 6.45) is -14.2. The summed E-state index contributed by atoms with van der Waals surface area (Å²) >= 11 is 0. The number of ether oxygens (including phenoxy) is 7. The molecule has 0 aromatic carbocycles. The summed E-state index contributed by atoms with van der Waals surface area (Å²) in [5.74, 6) is 0.623. The van der Waals surface area contributed by atoms with E-state index in [2.05, 4.69) is 34.6 Å². The van der Waals surface area contributed by atoms with Gasteiger partial charge in [0.2, 0.25) is 0 Å². The van der Waals surface area contributed by atoms with Crippen LogP contribution in [0.25, 0.3) is 0 Å². The first-order valence-electron chi connectivity index (χ1n) is 24.1. The Morgan fingerprint density at radius 3 is 1.97 bits per heavy atom. The Hall–Kier alpha value is -0.980. The SMILES string of the molecule is C/C(=C/[C@@H]1CC(O)(C2CC[C@]3(C)C2CCC2[C@@]4(C)CC[C@H](O[C@@H]5OC[C@H](O)[C@H](O[C@@H]6O[C@H](CO)[C@@H](O)[C@H](O)[C@H]6O)[C@H]5O[C@H]5O[C@@H](C)[C@H](O)[C@@H](O)[C@H]5O)C(C)(C)C4CC[C@]23C)[C@@H](O)O1)CO. The zero-order valence-corrected chi connectivity index (χ0v) is 39.0. The molecule has 18 nitrogen and oxygen atoms in total. The quantitative estimate of drug-likeness (QED) is 0.101. The molecule has 0 spiro atoms. The minimum Gasteiger partial charge on any atom is -0.394 e. The molecule has 4 heterocycles. The molecule has 4 saturated carbocycles. The summed E-state index contributed by atoms with van der Waals surface area (Å²) in [5, 5.41) is 118. The number of hydrogen-bond donors (Lipinski definition) is 11. The minimum absolute atomic E-state index is 0.0557. The maximum absolute atomic E-state index is 12.2. The highest BCUT2D eigenvalue weighted by molar-refractivity contribution is 5.20. The Balaban J connectivity index is 1.02. The van der Waals surface area contributed by atoms with Crippen molar-refractivity contribution in [3.8, 4) is 0 Å². The van der Waals surface area contributed by atoms with Gasteiger partial charge in [0.1, 0.15) is 66.6 Å². The van der Waals surface area contributed by atoms with Crippen LogP contribution in [0.5, 0.6) is 0 Å². The second-order valence-corrected chi connectivity index (χ2v) is 22.5. The third-order valence-corrected chi connectivity index (χ3v) is 18.9. The van der Waals surface area contributed by atoms with Crippen LogP contribution in [-0.4, -0.2) is 186 Å². The lowest BCUT2D eigenvalue weighted by Crippen LogP contribution is -2.66. The molecule has 0 aromatic rings. The maximum Gasteiger partial charge on any atom is 0.187 e. The molecule has 0 radical (unpaired) electrons. The van der Waals surface area contributed by atoms with Crippen LogP contribution in [0.2, 0.25) is 0 Å². The molecule has 65 heavy (non-hydrogen) atoms. The molecule has 5 unspecified atom stereocenters. The molecule has 4 aliphatic carbocycles. The molecule has 0 bridgehead atoms. The van der Waals surface area contributed by atoms with E-state index in [-0.39, 0.29) is 53.6 Å². The summed E-state index contributed by atoms with van der Waals surface area (Å²) in [6.45, 7) is 13.9. The van der Waals surface area contributed by atoms with Crippen LogP contribution in [0.1, 0.15) is 106 Å². The van der Waals surface area contributed by atoms with Crippen molar-refractivity contribution >= 4 is 0 Å². The molecule has 25 atom stereocenters. The lowest BCUT2D eigenvalue weighted by molar-refractivity contribution is -0.388. The molecule has 8 aliphatic rings. The van der Waals surface area contributed by atoms with E-state index in [9.17, 15) is 56.2 Å². The van der Waals surface area contributed by atoms with E-state index < -0.39 is 122 Å². The summed E-state index contributed by atoms with van der Waals surface area (Å²) < 4.78 is 43.0. The first-order chi connectivity index (χ1) is 30.5. The summed E-state index contributed by atoms with van der Waals surface area (Å²) in [5.41, 5.74) is -1.33. The van der Waals surface area contributed by atoms with Gasteiger partial charge in [0.05, 0.1) is 38.1 Å². The van der Waals surface area contributed by atoms with Crippen molar-refractivity contribution < 1.29 is 89.3 Å². The van der Waals surface area contributed by atoms with E-state index in [0.29, 0.717) is 12.3 Å². The van der Waals surface area contributed by atoms with Crippen LogP contribution in [0, 0.1) is 45.3 Å². The number of hydrogen-bond acceptors (Lipinski definition) is 18. The summed E-state index contributed by atoms with van der Waals surface area (Å²) in [6, 6.07) is 0. The molecule has 0 aromatic heterocycles. The van der Waals surface area contributed by atoms with Gasteiger partial charge in [0.25, 0.3) is 0 Å². The average Bonchev–Trinajstić information content (AvgIpc) is 3.77. The standard InChI is InChI=1S/C47H78O18/c1-21(18-48)16-23-17-47(58,42(57)61-23)25-10-14-45(6)24(25)8-9-29-44(5)13-12-30(43(3,4)28(44)11-15-46(29,45)7)63-41-38(65-39-35(55)33(53)31(51)22(2)60-39)37(26(50)20-59-41)64-40-36(56)34(54)32(52)27(19-49)62-40/h16,22-42,48-58H,8-15,17-20H2,1-7H3/b21-16-/t22-,23+,24?,25?,26-,27+,28?,29?,30-,31-,32+,33+,34-,35+,36+,37-,38+,39+,40-,41-,42-,44-,45+,46+,47?/m0/s1. The van der Waals surface area contributed by atoms with Crippen LogP contribution >= 0.6 is 0 Å². The highest BCUT2D eigenvalue weighted by Gasteiger charge is 2.71. The third kappa shape index (κ3) is 8.21. The van der Waals surface area contributed by atoms with Crippen LogP contribution in [0.3, 0.4) is 0 Å². The van der Waals surface area contributed by atoms with Crippen molar-refractivity contribution in [2.24, 2.45) is 45.3 Å². The van der Waals surface area contributed by atoms with Gasteiger partial charge in [-0.25, -0.2) is 0 Å². The fourth-order valence-corrected chi connectivity index (χ4v) is 15.1. The largest absolute Gasteiger partial charge is 0.394 e. The van der Waals surface area contributed by atoms with E-state index in [1.54, 1.807) is 13.0 Å². The second-order valence-electron chi connectivity index (χ2n) is 22.5. The van der Waals surface area contributed by atoms with Crippen molar-refractivity contribution in [2.75, 3.05) is 19.8 Å². The molecule has 18 heteroatoms. The van der Waals surface area contributed by atoms with Gasteiger partial charge in [-0.15, -0.1) is 0 Å². The smallest absolute Gasteiger partial charge is 0.187 e. The summed E-state index contributed by atoms with van der Waals surface area (Å²) in [4.78, 5) is 0. The molecular formula is C47H78O18. The molecule has 11 N–H and O–H groups in total. The van der Waals surface area contributed by atoms with E-state index >= 15 is 0 Å². The lowest BCUT2D eigenvalue weighted by Gasteiger charge is -2.70. The topological polar surface area (TPSA) is 287 Å². The van der Waals surface area contributed by atoms with Gasteiger partial charge >= 0.3 is 0 Å². The van der Waals surface area contributed by atoms with Crippen LogP contribution in [0.4, 0.5) is 0 Å². The highest BCUT2D eigenvalue weighted by atomic mass is 16.8. The Morgan fingerprint density at radius 1 is 0.646 bits per heavy atom. The second kappa shape index (κ2) is 18.3. The van der Waals surface area contributed by atoms with Gasteiger partial charge in [-0.05, 0) is 116 Å². The summed E-state index contributed by atoms with van der Waals surface area (Å²) in [7, 11) is 0. The van der Waals surface area contributed by atoms with E-state index in [1.165, 1.54) is 6.92 Å². The van der Waals surface area contributed by atoms with Gasteiger partial charge < -0.3 is 89.3 Å². The zero-order valence-electron chi connectivity index (χ0n) is 39.0. The number of rotatable bonds is 10. The van der Waals surface area contributed by atoms with Crippen LogP contribution in [0.15, 0.2) is 11.6 Å². The number of aliphatic hydroxyl groups is 11. The first kappa shape index (κ1) is 50.4. The molecule has 374 valence electrons. The highest BCUT2D eigenvalue weighted by Crippen LogP contribution is 2.76. The van der Waals surface area contributed by atoms with E-state index in [0.717, 1.165) is 50.5 Å². The molecule has 8 fully saturated rings. The Labute approximate surface area is 381 Å². The van der Waals surface area contributed by atoms with Crippen molar-refractivity contribution in [2.45, 2.75) is 216 Å². The van der Waals surface area contributed by atoms with Gasteiger partial charge in [0.15, 0.2) is 25.2 Å². The van der Waals surface area contributed by atoms with E-state index in [1.807, 2.05) is 0 Å². The van der Waals surface area contributed by atoms with Crippen molar-refractivity contribution in [1.29, 1.82) is 0 Å². The van der Waals surface area contributed by atoms with Crippen LogP contribution < -0.4 is 0 Å². The molecule has 4 saturated heterocycles. The normalized spacial score (nSPS) is 55.9. The Morgan fingerprint density at radius 2 is 1.29 bits per heavy atom. The van der Waals surface area contributed by atoms with Gasteiger partial charge in [-0.1, -0.05) is 40.7 Å². The third-order valence-electron chi connectivity index (χ3n) is 18.9. The average molecular weight is 931 g/mol. The lowest BCUT2D eigenvalue weighted by atomic mass is 9.35. The molecule has 0 amide bonds.